The maximum Gasteiger partial charge on any atom is 0.337 e. The largest absolute Gasteiger partial charge is 0.465 e. The van der Waals surface area contributed by atoms with Gasteiger partial charge in [0.25, 0.3) is 0 Å². The number of carbonyl (C=O) groups is 3. The van der Waals surface area contributed by atoms with Gasteiger partial charge in [-0.1, -0.05) is 39.8 Å². The second-order valence-corrected chi connectivity index (χ2v) is 9.12. The summed E-state index contributed by atoms with van der Waals surface area (Å²) in [7, 11) is 2.47. The Labute approximate surface area is 195 Å². The first-order chi connectivity index (χ1) is 14.9. The van der Waals surface area contributed by atoms with E-state index in [0.29, 0.717) is 5.69 Å². The van der Waals surface area contributed by atoms with E-state index < -0.39 is 11.9 Å². The minimum absolute atomic E-state index is 0.114. The number of nitrogens with one attached hydrogen (secondary N) is 1. The first kappa shape index (κ1) is 23.0. The molecule has 160 valence electrons. The van der Waals surface area contributed by atoms with Crippen LogP contribution < -0.4 is 5.32 Å². The number of esters is 2. The molecule has 0 saturated heterocycles. The molecule has 0 spiro atoms. The molecular formula is C21H17BrN2O5S2. The van der Waals surface area contributed by atoms with Gasteiger partial charge in [0.15, 0.2) is 4.34 Å². The molecule has 0 fully saturated rings. The number of benzene rings is 2. The topological polar surface area (TPSA) is 94.6 Å². The molecule has 31 heavy (non-hydrogen) atoms. The van der Waals surface area contributed by atoms with Crippen molar-refractivity contribution in [2.24, 2.45) is 0 Å². The highest BCUT2D eigenvalue weighted by molar-refractivity contribution is 9.10. The summed E-state index contributed by atoms with van der Waals surface area (Å²) in [5, 5.41) is 4.63. The molecular weight excluding hydrogens is 504 g/mol. The van der Waals surface area contributed by atoms with Crippen molar-refractivity contribution in [2.75, 3.05) is 25.3 Å². The Morgan fingerprint density at radius 1 is 1.03 bits per heavy atom. The highest BCUT2D eigenvalue weighted by Crippen LogP contribution is 2.29. The van der Waals surface area contributed by atoms with E-state index in [4.69, 9.17) is 9.47 Å². The minimum Gasteiger partial charge on any atom is -0.465 e. The number of halogens is 1. The lowest BCUT2D eigenvalue weighted by atomic mass is 10.1. The number of methoxy groups -OCH3 is 2. The number of carbonyl (C=O) groups excluding carboxylic acids is 3. The first-order valence-electron chi connectivity index (χ1n) is 8.85. The van der Waals surface area contributed by atoms with Crippen molar-refractivity contribution in [3.05, 3.63) is 63.4 Å². The van der Waals surface area contributed by atoms with E-state index >= 15 is 0 Å². The minimum atomic E-state index is -0.626. The van der Waals surface area contributed by atoms with Crippen LogP contribution in [0.1, 0.15) is 20.7 Å². The van der Waals surface area contributed by atoms with E-state index in [1.165, 1.54) is 55.5 Å². The van der Waals surface area contributed by atoms with Crippen LogP contribution in [0.15, 0.2) is 56.7 Å². The van der Waals surface area contributed by atoms with E-state index in [9.17, 15) is 14.4 Å². The summed E-state index contributed by atoms with van der Waals surface area (Å²) in [5.74, 6) is -1.44. The van der Waals surface area contributed by atoms with E-state index in [1.54, 1.807) is 0 Å². The Morgan fingerprint density at radius 3 is 2.23 bits per heavy atom. The molecule has 3 aromatic rings. The summed E-state index contributed by atoms with van der Waals surface area (Å²) in [6, 6.07) is 12.0. The van der Waals surface area contributed by atoms with Crippen molar-refractivity contribution >= 4 is 62.6 Å². The van der Waals surface area contributed by atoms with Crippen molar-refractivity contribution in [3.63, 3.8) is 0 Å². The normalized spacial score (nSPS) is 10.4. The van der Waals surface area contributed by atoms with E-state index in [1.807, 2.05) is 29.6 Å². The summed E-state index contributed by atoms with van der Waals surface area (Å²) >= 11 is 6.16. The average Bonchev–Trinajstić information content (AvgIpc) is 3.26. The van der Waals surface area contributed by atoms with Crippen LogP contribution in [0.3, 0.4) is 0 Å². The van der Waals surface area contributed by atoms with Crippen LogP contribution in [-0.2, 0) is 14.3 Å². The van der Waals surface area contributed by atoms with Gasteiger partial charge in [0.1, 0.15) is 0 Å². The molecule has 0 aliphatic rings. The Kier molecular flexibility index (Phi) is 7.83. The van der Waals surface area contributed by atoms with Crippen LogP contribution in [-0.4, -0.2) is 42.8 Å². The summed E-state index contributed by atoms with van der Waals surface area (Å²) in [5.41, 5.74) is 2.39. The van der Waals surface area contributed by atoms with Gasteiger partial charge in [0, 0.05) is 21.1 Å². The molecule has 0 saturated carbocycles. The van der Waals surface area contributed by atoms with Gasteiger partial charge in [0.2, 0.25) is 5.91 Å². The van der Waals surface area contributed by atoms with Gasteiger partial charge in [-0.3, -0.25) is 4.79 Å². The van der Waals surface area contributed by atoms with E-state index in [0.717, 1.165) is 20.1 Å². The van der Waals surface area contributed by atoms with Crippen LogP contribution in [0.4, 0.5) is 5.69 Å². The summed E-state index contributed by atoms with van der Waals surface area (Å²) < 4.78 is 11.1. The maximum atomic E-state index is 12.4. The van der Waals surface area contributed by atoms with Crippen molar-refractivity contribution in [2.45, 2.75) is 4.34 Å². The summed E-state index contributed by atoms with van der Waals surface area (Å²) in [6.45, 7) is 0. The molecule has 0 bridgehead atoms. The quantitative estimate of drug-likeness (QED) is 0.350. The molecule has 0 aliphatic carbocycles. The third-order valence-corrected chi connectivity index (χ3v) is 6.56. The number of ether oxygens (including phenoxy) is 2. The monoisotopic (exact) mass is 520 g/mol. The molecule has 7 nitrogen and oxygen atoms in total. The Bertz CT molecular complexity index is 1080. The number of hydrogen-bond donors (Lipinski definition) is 1. The standard InChI is InChI=1S/C21H17BrN2O5S2/c1-28-19(26)13-7-14(20(27)29-2)9-16(8-13)23-18(25)11-31-21-24-17(10-30-21)12-3-5-15(22)6-4-12/h3-10H,11H2,1-2H3,(H,23,25). The van der Waals surface area contributed by atoms with Crippen molar-refractivity contribution in [3.8, 4) is 11.3 Å². The molecule has 10 heteroatoms. The third-order valence-electron chi connectivity index (χ3n) is 4.01. The van der Waals surface area contributed by atoms with Crippen molar-refractivity contribution in [1.82, 2.24) is 4.98 Å². The highest BCUT2D eigenvalue weighted by atomic mass is 79.9. The van der Waals surface area contributed by atoms with Gasteiger partial charge in [-0.15, -0.1) is 11.3 Å². The van der Waals surface area contributed by atoms with Crippen LogP contribution in [0.5, 0.6) is 0 Å². The smallest absolute Gasteiger partial charge is 0.337 e. The third kappa shape index (κ3) is 6.16. The van der Waals surface area contributed by atoms with E-state index in [2.05, 4.69) is 26.2 Å². The number of anilines is 1. The summed E-state index contributed by atoms with van der Waals surface area (Å²) in [4.78, 5) is 40.7. The number of hydrogen-bond acceptors (Lipinski definition) is 8. The maximum absolute atomic E-state index is 12.4. The van der Waals surface area contributed by atoms with Crippen LogP contribution in [0.25, 0.3) is 11.3 Å². The van der Waals surface area contributed by atoms with Gasteiger partial charge in [0.05, 0.1) is 36.8 Å². The predicted molar refractivity (Wildman–Crippen MR) is 124 cm³/mol. The Balaban J connectivity index is 1.66. The lowest BCUT2D eigenvalue weighted by Crippen LogP contribution is -2.16. The zero-order valence-corrected chi connectivity index (χ0v) is 19.7. The molecule has 1 N–H and O–H groups in total. The first-order valence-corrected chi connectivity index (χ1v) is 11.5. The van der Waals surface area contributed by atoms with Crippen LogP contribution in [0, 0.1) is 0 Å². The Morgan fingerprint density at radius 2 is 1.65 bits per heavy atom. The lowest BCUT2D eigenvalue weighted by Gasteiger charge is -2.09. The van der Waals surface area contributed by atoms with Gasteiger partial charge < -0.3 is 14.8 Å². The number of nitrogens with zero attached hydrogens (tertiary/aromatic N) is 1. The average molecular weight is 521 g/mol. The fraction of sp³-hybridized carbons (Fsp3) is 0.143. The molecule has 0 radical (unpaired) electrons. The summed E-state index contributed by atoms with van der Waals surface area (Å²) in [6.07, 6.45) is 0. The second-order valence-electron chi connectivity index (χ2n) is 6.12. The van der Waals surface area contributed by atoms with E-state index in [-0.39, 0.29) is 22.8 Å². The highest BCUT2D eigenvalue weighted by Gasteiger charge is 2.15. The van der Waals surface area contributed by atoms with Crippen LogP contribution in [0.2, 0.25) is 0 Å². The lowest BCUT2D eigenvalue weighted by molar-refractivity contribution is -0.113. The molecule has 0 aliphatic heterocycles. The second kappa shape index (κ2) is 10.6. The van der Waals surface area contributed by atoms with Crippen molar-refractivity contribution in [1.29, 1.82) is 0 Å². The molecule has 1 heterocycles. The Hall–Kier alpha value is -2.69. The molecule has 1 aromatic heterocycles. The number of thiazole rings is 1. The molecule has 0 atom stereocenters. The number of aromatic nitrogens is 1. The molecule has 0 unspecified atom stereocenters. The zero-order valence-electron chi connectivity index (χ0n) is 16.5. The van der Waals surface area contributed by atoms with Gasteiger partial charge in [-0.25, -0.2) is 14.6 Å². The molecule has 3 rings (SSSR count). The van der Waals surface area contributed by atoms with Crippen LogP contribution >= 0.6 is 39.0 Å². The number of amides is 1. The SMILES string of the molecule is COC(=O)c1cc(NC(=O)CSc2nc(-c3ccc(Br)cc3)cs2)cc(C(=O)OC)c1. The van der Waals surface area contributed by atoms with Gasteiger partial charge >= 0.3 is 11.9 Å². The fourth-order valence-electron chi connectivity index (χ4n) is 2.57. The van der Waals surface area contributed by atoms with Gasteiger partial charge in [-0.05, 0) is 30.3 Å². The fourth-order valence-corrected chi connectivity index (χ4v) is 4.47. The zero-order chi connectivity index (χ0) is 22.4. The number of rotatable bonds is 7. The van der Waals surface area contributed by atoms with Gasteiger partial charge in [-0.2, -0.15) is 0 Å². The number of thioether (sulfide) groups is 1. The molecule has 1 amide bonds. The molecule has 2 aromatic carbocycles. The van der Waals surface area contributed by atoms with Crippen molar-refractivity contribution < 1.29 is 23.9 Å². The predicted octanol–water partition coefficient (Wildman–Crippen LogP) is 4.88.